The summed E-state index contributed by atoms with van der Waals surface area (Å²) in [7, 11) is 0. The van der Waals surface area contributed by atoms with E-state index >= 15 is 0 Å². The predicted octanol–water partition coefficient (Wildman–Crippen LogP) is 8.56. The summed E-state index contributed by atoms with van der Waals surface area (Å²) in [6.45, 7) is 10.9. The van der Waals surface area contributed by atoms with Gasteiger partial charge in [-0.15, -0.1) is 23.5 Å². The Hall–Kier alpha value is -5.40. The van der Waals surface area contributed by atoms with Crippen LogP contribution in [-0.2, 0) is 45.0 Å². The molecule has 0 unspecified atom stereocenters. The molecule has 0 N–H and O–H groups in total. The van der Waals surface area contributed by atoms with Crippen LogP contribution in [0.1, 0.15) is 43.8 Å². The Kier molecular flexibility index (Phi) is 20.5. The first-order valence-corrected chi connectivity index (χ1v) is 23.2. The molecule has 6 aromatic rings. The van der Waals surface area contributed by atoms with Crippen LogP contribution in [0.5, 0.6) is 11.5 Å². The third-order valence-corrected chi connectivity index (χ3v) is 11.8. The van der Waals surface area contributed by atoms with Gasteiger partial charge in [0.05, 0.1) is 25.0 Å². The first-order valence-electron chi connectivity index (χ1n) is 20.7. The van der Waals surface area contributed by atoms with E-state index in [1.165, 1.54) is 43.7 Å². The molecule has 6 rings (SSSR count). The molecule has 12 heteroatoms. The van der Waals surface area contributed by atoms with Gasteiger partial charge in [0, 0.05) is 58.6 Å². The Morgan fingerprint density at radius 1 is 0.540 bits per heavy atom. The number of benzene rings is 4. The maximum absolute atomic E-state index is 11.1. The van der Waals surface area contributed by atoms with E-state index in [1.54, 1.807) is 37.4 Å². The normalized spacial score (nSPS) is 11.8. The molecule has 0 saturated carbocycles. The van der Waals surface area contributed by atoms with Crippen molar-refractivity contribution in [3.05, 3.63) is 144 Å². The van der Waals surface area contributed by atoms with Gasteiger partial charge >= 0.3 is 0 Å². The number of carbonyl (C=O) groups is 2. The molecular formula is C51H60N2O8S2-2. The van der Waals surface area contributed by atoms with E-state index in [9.17, 15) is 19.8 Å². The number of carbonyl (C=O) groups excluding carboxylic acids is 2. The second-order valence-electron chi connectivity index (χ2n) is 14.4. The highest BCUT2D eigenvalue weighted by atomic mass is 32.2. The van der Waals surface area contributed by atoms with Crippen LogP contribution < -0.4 is 19.7 Å². The van der Waals surface area contributed by atoms with Crippen LogP contribution in [-0.4, -0.2) is 72.2 Å². The molecule has 4 aromatic carbocycles. The summed E-state index contributed by atoms with van der Waals surface area (Å²) >= 11 is 3.47. The fourth-order valence-electron chi connectivity index (χ4n) is 6.96. The van der Waals surface area contributed by atoms with Crippen LogP contribution in [0.2, 0.25) is 0 Å². The van der Waals surface area contributed by atoms with E-state index in [1.807, 2.05) is 48.5 Å². The lowest BCUT2D eigenvalue weighted by Gasteiger charge is -2.18. The molecule has 0 bridgehead atoms. The second kappa shape index (κ2) is 25.6. The summed E-state index contributed by atoms with van der Waals surface area (Å²) in [5.41, 5.74) is 8.83. The SMILES string of the molecule is C.CCO[C@@H](Cc1ccc(OCCn2c(C)ccc2-c2ccc(SC)cc2)cc1)C(=O)[O-].CCO[C@@H](Cc1ccc(OCCn2c(C)ccc2-c2ccc(SC)cc2)cc1)C(=O)[O-]. The summed E-state index contributed by atoms with van der Waals surface area (Å²) in [5.74, 6) is -0.881. The van der Waals surface area contributed by atoms with Crippen LogP contribution in [0, 0.1) is 13.8 Å². The minimum atomic E-state index is -1.19. The Morgan fingerprint density at radius 2 is 0.889 bits per heavy atom. The maximum Gasteiger partial charge on any atom is 0.119 e. The smallest absolute Gasteiger partial charge is 0.119 e. The average molecular weight is 893 g/mol. The van der Waals surface area contributed by atoms with Crippen molar-refractivity contribution >= 4 is 35.5 Å². The van der Waals surface area contributed by atoms with Crippen molar-refractivity contribution in [2.75, 3.05) is 38.9 Å². The van der Waals surface area contributed by atoms with Crippen molar-refractivity contribution in [3.63, 3.8) is 0 Å². The fraction of sp³-hybridized carbons (Fsp3) is 0.333. The van der Waals surface area contributed by atoms with Gasteiger partial charge in [-0.25, -0.2) is 0 Å². The topological polar surface area (TPSA) is 127 Å². The summed E-state index contributed by atoms with van der Waals surface area (Å²) < 4.78 is 26.8. The maximum atomic E-state index is 11.1. The van der Waals surface area contributed by atoms with E-state index in [0.29, 0.717) is 26.4 Å². The highest BCUT2D eigenvalue weighted by Crippen LogP contribution is 2.27. The number of hydrogen-bond donors (Lipinski definition) is 0. The number of aryl methyl sites for hydroxylation is 2. The zero-order chi connectivity index (χ0) is 44.4. The number of carboxylic acids is 2. The lowest BCUT2D eigenvalue weighted by molar-refractivity contribution is -0.317. The van der Waals surface area contributed by atoms with Crippen molar-refractivity contribution in [2.45, 2.75) is 83.1 Å². The van der Waals surface area contributed by atoms with Crippen LogP contribution in [0.15, 0.2) is 131 Å². The van der Waals surface area contributed by atoms with Crippen LogP contribution in [0.25, 0.3) is 22.5 Å². The summed E-state index contributed by atoms with van der Waals surface area (Å²) in [6.07, 6.45) is 2.84. The molecule has 10 nitrogen and oxygen atoms in total. The standard InChI is InChI=1S/2C25H29NO4S.CH4/c2*1-4-29-24(25(27)28)17-19-6-10-21(11-7-19)30-16-15-26-18(2)5-14-23(26)20-8-12-22(31-3)13-9-20;/h2*5-14,24H,4,15-17H2,1-3H3,(H,27,28);1H4/p-2/t2*24-;/m00./s1. The first-order chi connectivity index (χ1) is 30.0. The zero-order valence-corrected chi connectivity index (χ0v) is 38.0. The van der Waals surface area contributed by atoms with Crippen molar-refractivity contribution in [3.8, 4) is 34.0 Å². The molecule has 0 fully saturated rings. The summed E-state index contributed by atoms with van der Waals surface area (Å²) in [5, 5.41) is 22.3. The quantitative estimate of drug-likeness (QED) is 0.0612. The van der Waals surface area contributed by atoms with E-state index in [0.717, 1.165) is 35.7 Å². The minimum Gasteiger partial charge on any atom is -0.547 e. The molecule has 0 saturated heterocycles. The van der Waals surface area contributed by atoms with E-state index < -0.39 is 24.1 Å². The lowest BCUT2D eigenvalue weighted by Crippen LogP contribution is -2.39. The molecule has 2 heterocycles. The van der Waals surface area contributed by atoms with Crippen LogP contribution in [0.3, 0.4) is 0 Å². The van der Waals surface area contributed by atoms with Crippen molar-refractivity contribution in [1.29, 1.82) is 0 Å². The number of ether oxygens (including phenoxy) is 4. The zero-order valence-electron chi connectivity index (χ0n) is 36.3. The van der Waals surface area contributed by atoms with Gasteiger partial charge in [-0.05, 0) is 135 Å². The van der Waals surface area contributed by atoms with Gasteiger partial charge in [-0.2, -0.15) is 0 Å². The lowest BCUT2D eigenvalue weighted by atomic mass is 10.1. The molecule has 63 heavy (non-hydrogen) atoms. The Balaban J connectivity index is 0.000000272. The highest BCUT2D eigenvalue weighted by Gasteiger charge is 2.13. The van der Waals surface area contributed by atoms with E-state index in [-0.39, 0.29) is 20.3 Å². The molecule has 0 aliphatic heterocycles. The van der Waals surface area contributed by atoms with Crippen molar-refractivity contribution in [2.24, 2.45) is 0 Å². The van der Waals surface area contributed by atoms with Gasteiger partial charge in [-0.1, -0.05) is 56.0 Å². The van der Waals surface area contributed by atoms with Gasteiger partial charge in [0.2, 0.25) is 0 Å². The van der Waals surface area contributed by atoms with Crippen LogP contribution >= 0.6 is 23.5 Å². The highest BCUT2D eigenvalue weighted by molar-refractivity contribution is 7.98. The third kappa shape index (κ3) is 14.8. The largest absolute Gasteiger partial charge is 0.547 e. The number of carboxylic acid groups (broad SMARTS) is 2. The Morgan fingerprint density at radius 3 is 1.19 bits per heavy atom. The number of rotatable bonds is 22. The van der Waals surface area contributed by atoms with Gasteiger partial charge in [0.25, 0.3) is 0 Å². The van der Waals surface area contributed by atoms with Crippen LogP contribution in [0.4, 0.5) is 0 Å². The number of nitrogens with zero attached hydrogens (tertiary/aromatic N) is 2. The molecule has 0 spiro atoms. The van der Waals surface area contributed by atoms with Gasteiger partial charge in [-0.3, -0.25) is 0 Å². The molecular weight excluding hydrogens is 833 g/mol. The Bertz CT molecular complexity index is 2120. The Labute approximate surface area is 381 Å². The second-order valence-corrected chi connectivity index (χ2v) is 16.2. The summed E-state index contributed by atoms with van der Waals surface area (Å²) in [4.78, 5) is 24.8. The van der Waals surface area contributed by atoms with Gasteiger partial charge in [0.1, 0.15) is 36.9 Å². The first kappa shape index (κ1) is 50.2. The summed E-state index contributed by atoms with van der Waals surface area (Å²) in [6, 6.07) is 40.6. The fourth-order valence-corrected chi connectivity index (χ4v) is 7.78. The van der Waals surface area contributed by atoms with Gasteiger partial charge < -0.3 is 47.9 Å². The predicted molar refractivity (Wildman–Crippen MR) is 252 cm³/mol. The molecule has 0 aliphatic rings. The minimum absolute atomic E-state index is 0. The molecule has 0 amide bonds. The number of thioether (sulfide) groups is 2. The van der Waals surface area contributed by atoms with Crippen molar-refractivity contribution in [1.82, 2.24) is 9.13 Å². The molecule has 2 atom stereocenters. The van der Waals surface area contributed by atoms with E-state index in [2.05, 4.69) is 108 Å². The molecule has 336 valence electrons. The molecule has 0 aliphatic carbocycles. The van der Waals surface area contributed by atoms with E-state index in [4.69, 9.17) is 18.9 Å². The number of aliphatic carboxylic acids is 2. The number of hydrogen-bond acceptors (Lipinski definition) is 10. The van der Waals surface area contributed by atoms with Crippen molar-refractivity contribution < 1.29 is 38.7 Å². The third-order valence-electron chi connectivity index (χ3n) is 10.3. The monoisotopic (exact) mass is 892 g/mol. The number of aromatic nitrogens is 2. The molecule has 2 aromatic heterocycles. The average Bonchev–Trinajstić information content (AvgIpc) is 3.85. The van der Waals surface area contributed by atoms with Gasteiger partial charge in [0.15, 0.2) is 0 Å². The molecule has 0 radical (unpaired) electrons.